The Kier molecular flexibility index (Phi) is 12.3. The van der Waals surface area contributed by atoms with Crippen molar-refractivity contribution >= 4 is 29.5 Å². The third-order valence-corrected chi connectivity index (χ3v) is 12.3. The van der Waals surface area contributed by atoms with E-state index in [-0.39, 0.29) is 24.3 Å². The molecule has 5 saturated carbocycles. The number of carbonyl (C=O) groups is 3. The molecule has 4 bridgehead atoms. The van der Waals surface area contributed by atoms with Gasteiger partial charge in [0.15, 0.2) is 0 Å². The fourth-order valence-electron chi connectivity index (χ4n) is 9.69. The molecule has 47 heavy (non-hydrogen) atoms. The minimum absolute atomic E-state index is 0. The summed E-state index contributed by atoms with van der Waals surface area (Å²) in [6, 6.07) is 12.9. The van der Waals surface area contributed by atoms with E-state index in [1.165, 1.54) is 63.1 Å². The van der Waals surface area contributed by atoms with Crippen LogP contribution in [0.1, 0.15) is 98.5 Å². The van der Waals surface area contributed by atoms with Crippen LogP contribution in [0.5, 0.6) is 0 Å². The molecule has 0 radical (unpaired) electrons. The minimum atomic E-state index is -1.27. The van der Waals surface area contributed by atoms with Gasteiger partial charge >= 0.3 is 18.9 Å². The van der Waals surface area contributed by atoms with Gasteiger partial charge in [-0.25, -0.2) is 0 Å². The monoisotopic (exact) mass is 650 g/mol. The van der Waals surface area contributed by atoms with Crippen molar-refractivity contribution in [2.45, 2.75) is 96.4 Å². The van der Waals surface area contributed by atoms with E-state index in [9.17, 15) is 19.5 Å². The van der Waals surface area contributed by atoms with Crippen LogP contribution < -0.4 is 29.3 Å². The molecule has 248 valence electrons. The molecule has 2 aromatic rings. The third-order valence-electron chi connectivity index (χ3n) is 11.6. The van der Waals surface area contributed by atoms with E-state index in [1.54, 1.807) is 0 Å². The molecule has 8 heteroatoms. The van der Waals surface area contributed by atoms with Gasteiger partial charge in [0.1, 0.15) is 0 Å². The Morgan fingerprint density at radius 3 is 2.23 bits per heavy atom. The van der Waals surface area contributed by atoms with Gasteiger partial charge in [-0.1, -0.05) is 55.7 Å². The number of carboxylic acids is 1. The summed E-state index contributed by atoms with van der Waals surface area (Å²) in [5, 5.41) is 14.5. The average molecular weight is 651 g/mol. The van der Waals surface area contributed by atoms with Crippen LogP contribution in [0.2, 0.25) is 0 Å². The maximum atomic E-state index is 14.6. The zero-order chi connectivity index (χ0) is 32.3. The number of carboxylic acid groups (broad SMARTS) is 1. The third kappa shape index (κ3) is 8.34. The van der Waals surface area contributed by atoms with Crippen molar-refractivity contribution in [3.05, 3.63) is 59.2 Å². The first kappa shape index (κ1) is 36.1. The Labute approximate surface area is 297 Å². The predicted octanol–water partition coefficient (Wildman–Crippen LogP) is 3.44. The van der Waals surface area contributed by atoms with Crippen molar-refractivity contribution in [2.75, 3.05) is 25.1 Å². The van der Waals surface area contributed by atoms with E-state index < -0.39 is 17.9 Å². The Morgan fingerprint density at radius 1 is 0.957 bits per heavy atom. The molecule has 0 spiro atoms. The number of benzene rings is 2. The molecule has 0 saturated heterocycles. The summed E-state index contributed by atoms with van der Waals surface area (Å²) in [4.78, 5) is 42.3. The van der Waals surface area contributed by atoms with E-state index in [0.29, 0.717) is 36.1 Å². The summed E-state index contributed by atoms with van der Waals surface area (Å²) in [6.45, 7) is 3.59. The quantitative estimate of drug-likeness (QED) is 0.336. The van der Waals surface area contributed by atoms with E-state index in [1.807, 2.05) is 49.6 Å². The van der Waals surface area contributed by atoms with Gasteiger partial charge in [-0.15, -0.1) is 0 Å². The van der Waals surface area contributed by atoms with E-state index >= 15 is 0 Å². The van der Waals surface area contributed by atoms with Gasteiger partial charge in [0.05, 0.1) is 17.4 Å². The molecule has 0 heterocycles. The smallest absolute Gasteiger partial charge is 0.548 e. The Morgan fingerprint density at radius 2 is 1.62 bits per heavy atom. The van der Waals surface area contributed by atoms with E-state index in [0.717, 1.165) is 72.2 Å². The van der Waals surface area contributed by atoms with Crippen LogP contribution in [-0.4, -0.2) is 53.8 Å². The fraction of sp³-hybridized carbons (Fsp3) is 0.615. The summed E-state index contributed by atoms with van der Waals surface area (Å²) >= 11 is 1.54. The van der Waals surface area contributed by atoms with Crippen LogP contribution in [-0.2, 0) is 16.0 Å². The number of hydrogen-bond donors (Lipinski definition) is 1. The van der Waals surface area contributed by atoms with E-state index in [4.69, 9.17) is 0 Å². The molecular weight excluding hydrogens is 599 g/mol. The second-order valence-corrected chi connectivity index (χ2v) is 16.0. The molecule has 5 aliphatic carbocycles. The van der Waals surface area contributed by atoms with Crippen molar-refractivity contribution in [3.63, 3.8) is 0 Å². The van der Waals surface area contributed by atoms with Crippen LogP contribution in [0.4, 0.5) is 0 Å². The van der Waals surface area contributed by atoms with Crippen LogP contribution in [0.15, 0.2) is 42.5 Å². The second-order valence-electron chi connectivity index (χ2n) is 15.0. The summed E-state index contributed by atoms with van der Waals surface area (Å²) < 4.78 is 0. The standard InChI is InChI=1S/C39H52N2O4S.Li/c1-26-8-6-7-11-32(26)34-21-27(12-13-33(34)36(42)40-35(37(43)44)15-17-46-2)14-16-41(25-28-9-4-3-5-10-28)38(45)39-22-29-18-30(23-39)20-31(19-29)24-39;/h6-8,11-13,21,28-31,35H,3-5,9-10,14-20,22-25H2,1-2H3,(H,40,42)(H,43,44);/q;+1/p-1. The average Bonchev–Trinajstić information content (AvgIpc) is 3.04. The summed E-state index contributed by atoms with van der Waals surface area (Å²) in [5.74, 6) is 2.16. The molecule has 6 nitrogen and oxygen atoms in total. The molecule has 7 rings (SSSR count). The van der Waals surface area contributed by atoms with Crippen LogP contribution in [0, 0.1) is 36.0 Å². The molecule has 0 aliphatic heterocycles. The largest absolute Gasteiger partial charge is 1.00 e. The van der Waals surface area contributed by atoms with Gasteiger partial charge in [0.2, 0.25) is 5.91 Å². The van der Waals surface area contributed by atoms with Crippen molar-refractivity contribution in [1.82, 2.24) is 10.2 Å². The van der Waals surface area contributed by atoms with Gasteiger partial charge < -0.3 is 20.1 Å². The second kappa shape index (κ2) is 16.0. The molecule has 5 fully saturated rings. The zero-order valence-corrected chi connectivity index (χ0v) is 29.5. The number of rotatable bonds is 13. The number of aryl methyl sites for hydroxylation is 1. The van der Waals surface area contributed by atoms with Crippen LogP contribution >= 0.6 is 11.8 Å². The zero-order valence-electron chi connectivity index (χ0n) is 28.7. The normalized spacial score (nSPS) is 25.5. The topological polar surface area (TPSA) is 89.5 Å². The number of amides is 2. The first-order valence-electron chi connectivity index (χ1n) is 17.7. The molecule has 2 amide bonds. The first-order valence-corrected chi connectivity index (χ1v) is 19.1. The van der Waals surface area contributed by atoms with Gasteiger partial charge in [-0.2, -0.15) is 11.8 Å². The van der Waals surface area contributed by atoms with Crippen LogP contribution in [0.25, 0.3) is 11.1 Å². The van der Waals surface area contributed by atoms with Crippen molar-refractivity contribution in [2.24, 2.45) is 29.1 Å². The predicted molar refractivity (Wildman–Crippen MR) is 183 cm³/mol. The minimum Gasteiger partial charge on any atom is -0.548 e. The van der Waals surface area contributed by atoms with Gasteiger partial charge in [0.25, 0.3) is 5.91 Å². The molecule has 1 unspecified atom stereocenters. The number of nitrogens with one attached hydrogen (secondary N) is 1. The van der Waals surface area contributed by atoms with Crippen LogP contribution in [0.3, 0.4) is 0 Å². The Hall–Kier alpha value is -2.20. The van der Waals surface area contributed by atoms with Crippen molar-refractivity contribution < 1.29 is 38.4 Å². The summed E-state index contributed by atoms with van der Waals surface area (Å²) in [5.41, 5.74) is 4.18. The number of nitrogens with zero attached hydrogens (tertiary/aromatic N) is 1. The summed E-state index contributed by atoms with van der Waals surface area (Å²) in [7, 11) is 0. The molecule has 1 atom stereocenters. The number of aliphatic carboxylic acids is 1. The van der Waals surface area contributed by atoms with Gasteiger partial charge in [0, 0.05) is 18.7 Å². The number of carbonyl (C=O) groups excluding carboxylic acids is 3. The number of hydrogen-bond acceptors (Lipinski definition) is 5. The summed E-state index contributed by atoms with van der Waals surface area (Å²) in [6.07, 6.45) is 16.5. The van der Waals surface area contributed by atoms with Crippen molar-refractivity contribution in [3.8, 4) is 11.1 Å². The fourth-order valence-corrected chi connectivity index (χ4v) is 10.2. The molecule has 1 N–H and O–H groups in total. The van der Waals surface area contributed by atoms with Gasteiger partial charge in [-0.05, 0) is 135 Å². The SMILES string of the molecule is CSCCC(NC(=O)c1ccc(CCN(CC2CCCCC2)C(=O)C23CC4CC(CC(C4)C2)C3)cc1-c1ccccc1C)C(=O)[O-].[Li+]. The molecule has 5 aliphatic rings. The van der Waals surface area contributed by atoms with Gasteiger partial charge in [-0.3, -0.25) is 9.59 Å². The Bertz CT molecular complexity index is 1390. The Balaban J connectivity index is 0.00000433. The molecular formula is C39H51LiN2O4S. The molecule has 0 aromatic heterocycles. The first-order chi connectivity index (χ1) is 22.2. The van der Waals surface area contributed by atoms with Crippen molar-refractivity contribution in [1.29, 1.82) is 0 Å². The van der Waals surface area contributed by atoms with E-state index in [2.05, 4.69) is 16.3 Å². The molecule has 2 aromatic carbocycles. The number of thioether (sulfide) groups is 1. The maximum absolute atomic E-state index is 14.6. The maximum Gasteiger partial charge on any atom is 1.00 e.